The Labute approximate surface area is 104 Å². The van der Waals surface area contributed by atoms with Crippen molar-refractivity contribution in [2.45, 2.75) is 19.3 Å². The van der Waals surface area contributed by atoms with Gasteiger partial charge in [-0.05, 0) is 31.4 Å². The molecule has 0 atom stereocenters. The van der Waals surface area contributed by atoms with Crippen LogP contribution in [0.1, 0.15) is 17.8 Å². The van der Waals surface area contributed by atoms with Crippen molar-refractivity contribution < 1.29 is 9.50 Å². The van der Waals surface area contributed by atoms with Gasteiger partial charge in [0.05, 0.1) is 10.7 Å². The zero-order valence-electron chi connectivity index (χ0n) is 9.40. The summed E-state index contributed by atoms with van der Waals surface area (Å²) >= 11 is 1.54. The van der Waals surface area contributed by atoms with Crippen LogP contribution in [0.25, 0.3) is 11.3 Å². The Morgan fingerprint density at radius 1 is 1.24 bits per heavy atom. The standard InChI is InChI=1S/C13H14FNOS/c14-11-6-2-1-5-10(11)12-9-17-13(15-12)7-3-4-8-16/h1-2,5-6,9,16H,3-4,7-8H2. The molecule has 0 fully saturated rings. The number of aliphatic hydroxyl groups is 1. The van der Waals surface area contributed by atoms with E-state index in [4.69, 9.17) is 5.11 Å². The Morgan fingerprint density at radius 3 is 2.82 bits per heavy atom. The molecule has 0 spiro atoms. The molecule has 1 heterocycles. The average Bonchev–Trinajstić information content (AvgIpc) is 2.79. The molecule has 0 bridgehead atoms. The molecule has 2 rings (SSSR count). The van der Waals surface area contributed by atoms with Crippen molar-refractivity contribution in [3.8, 4) is 11.3 Å². The van der Waals surface area contributed by atoms with E-state index in [1.807, 2.05) is 11.4 Å². The lowest BCUT2D eigenvalue weighted by atomic mass is 10.1. The first-order valence-corrected chi connectivity index (χ1v) is 6.49. The number of aryl methyl sites for hydroxylation is 1. The number of aromatic nitrogens is 1. The van der Waals surface area contributed by atoms with E-state index < -0.39 is 0 Å². The van der Waals surface area contributed by atoms with E-state index in [1.165, 1.54) is 6.07 Å². The fourth-order valence-electron chi connectivity index (χ4n) is 1.61. The molecule has 0 aliphatic heterocycles. The van der Waals surface area contributed by atoms with Crippen LogP contribution in [-0.4, -0.2) is 16.7 Å². The van der Waals surface area contributed by atoms with Crippen LogP contribution in [0.5, 0.6) is 0 Å². The normalized spacial score (nSPS) is 10.7. The van der Waals surface area contributed by atoms with Gasteiger partial charge >= 0.3 is 0 Å². The summed E-state index contributed by atoms with van der Waals surface area (Å²) in [7, 11) is 0. The number of halogens is 1. The average molecular weight is 251 g/mol. The minimum Gasteiger partial charge on any atom is -0.396 e. The summed E-state index contributed by atoms with van der Waals surface area (Å²) in [4.78, 5) is 4.41. The van der Waals surface area contributed by atoms with Gasteiger partial charge in [0.25, 0.3) is 0 Å². The number of benzene rings is 1. The van der Waals surface area contributed by atoms with Gasteiger partial charge in [0.1, 0.15) is 5.82 Å². The Kier molecular flexibility index (Phi) is 4.23. The van der Waals surface area contributed by atoms with Gasteiger partial charge in [-0.2, -0.15) is 0 Å². The number of rotatable bonds is 5. The van der Waals surface area contributed by atoms with Crippen molar-refractivity contribution in [3.63, 3.8) is 0 Å². The van der Waals surface area contributed by atoms with E-state index in [0.29, 0.717) is 11.3 Å². The van der Waals surface area contributed by atoms with E-state index in [-0.39, 0.29) is 12.4 Å². The molecule has 0 unspecified atom stereocenters. The monoisotopic (exact) mass is 251 g/mol. The first-order chi connectivity index (χ1) is 8.31. The molecule has 0 radical (unpaired) electrons. The van der Waals surface area contributed by atoms with Crippen LogP contribution >= 0.6 is 11.3 Å². The van der Waals surface area contributed by atoms with Crippen LogP contribution < -0.4 is 0 Å². The number of aliphatic hydroxyl groups excluding tert-OH is 1. The van der Waals surface area contributed by atoms with Crippen molar-refractivity contribution in [1.29, 1.82) is 0 Å². The second-order valence-electron chi connectivity index (χ2n) is 3.79. The van der Waals surface area contributed by atoms with Crippen LogP contribution in [0.15, 0.2) is 29.6 Å². The van der Waals surface area contributed by atoms with E-state index >= 15 is 0 Å². The SMILES string of the molecule is OCCCCc1nc(-c2ccccc2F)cs1. The summed E-state index contributed by atoms with van der Waals surface area (Å²) in [5, 5.41) is 11.6. The fourth-order valence-corrected chi connectivity index (χ4v) is 2.45. The van der Waals surface area contributed by atoms with Gasteiger partial charge < -0.3 is 5.11 Å². The molecule has 4 heteroatoms. The van der Waals surface area contributed by atoms with Crippen LogP contribution in [0.3, 0.4) is 0 Å². The molecular weight excluding hydrogens is 237 g/mol. The topological polar surface area (TPSA) is 33.1 Å². The molecule has 2 nitrogen and oxygen atoms in total. The van der Waals surface area contributed by atoms with Crippen LogP contribution in [-0.2, 0) is 6.42 Å². The predicted molar refractivity (Wildman–Crippen MR) is 67.5 cm³/mol. The second kappa shape index (κ2) is 5.89. The quantitative estimate of drug-likeness (QED) is 0.827. The van der Waals surface area contributed by atoms with Crippen molar-refractivity contribution in [3.05, 3.63) is 40.5 Å². The summed E-state index contributed by atoms with van der Waals surface area (Å²) in [6.45, 7) is 0.214. The Balaban J connectivity index is 2.10. The van der Waals surface area contributed by atoms with Gasteiger partial charge in [-0.1, -0.05) is 12.1 Å². The first-order valence-electron chi connectivity index (χ1n) is 5.61. The van der Waals surface area contributed by atoms with Crippen LogP contribution in [0.2, 0.25) is 0 Å². The predicted octanol–water partition coefficient (Wildman–Crippen LogP) is 3.26. The third-order valence-corrected chi connectivity index (χ3v) is 3.41. The Morgan fingerprint density at radius 2 is 2.06 bits per heavy atom. The van der Waals surface area contributed by atoms with Gasteiger partial charge in [0.15, 0.2) is 0 Å². The molecule has 0 saturated heterocycles. The van der Waals surface area contributed by atoms with E-state index in [1.54, 1.807) is 23.5 Å². The van der Waals surface area contributed by atoms with E-state index in [9.17, 15) is 4.39 Å². The minimum absolute atomic E-state index is 0.214. The third kappa shape index (κ3) is 3.11. The lowest BCUT2D eigenvalue weighted by Crippen LogP contribution is -1.89. The molecule has 0 amide bonds. The highest BCUT2D eigenvalue weighted by atomic mass is 32.1. The van der Waals surface area contributed by atoms with E-state index in [0.717, 1.165) is 24.3 Å². The van der Waals surface area contributed by atoms with Crippen molar-refractivity contribution in [1.82, 2.24) is 4.98 Å². The molecule has 0 aliphatic carbocycles. The van der Waals surface area contributed by atoms with E-state index in [2.05, 4.69) is 4.98 Å². The Hall–Kier alpha value is -1.26. The highest BCUT2D eigenvalue weighted by molar-refractivity contribution is 7.09. The number of hydrogen-bond donors (Lipinski definition) is 1. The molecule has 90 valence electrons. The Bertz CT molecular complexity index is 484. The van der Waals surface area contributed by atoms with Gasteiger partial charge in [-0.25, -0.2) is 9.37 Å². The fraction of sp³-hybridized carbons (Fsp3) is 0.308. The maximum absolute atomic E-state index is 13.5. The zero-order chi connectivity index (χ0) is 12.1. The van der Waals surface area contributed by atoms with Gasteiger partial charge in [-0.15, -0.1) is 11.3 Å². The van der Waals surface area contributed by atoms with Gasteiger partial charge in [0.2, 0.25) is 0 Å². The van der Waals surface area contributed by atoms with Crippen LogP contribution in [0, 0.1) is 5.82 Å². The summed E-state index contributed by atoms with van der Waals surface area (Å²) in [5.41, 5.74) is 1.25. The van der Waals surface area contributed by atoms with Crippen molar-refractivity contribution in [2.24, 2.45) is 0 Å². The summed E-state index contributed by atoms with van der Waals surface area (Å²) in [6, 6.07) is 6.67. The molecule has 2 aromatic rings. The number of unbranched alkanes of at least 4 members (excludes halogenated alkanes) is 1. The third-order valence-electron chi connectivity index (χ3n) is 2.50. The van der Waals surface area contributed by atoms with Crippen LogP contribution in [0.4, 0.5) is 4.39 Å². The largest absolute Gasteiger partial charge is 0.396 e. The van der Waals surface area contributed by atoms with Gasteiger partial charge in [0, 0.05) is 17.6 Å². The minimum atomic E-state index is -0.236. The first kappa shape index (κ1) is 12.2. The molecule has 17 heavy (non-hydrogen) atoms. The second-order valence-corrected chi connectivity index (χ2v) is 4.73. The van der Waals surface area contributed by atoms with Crippen molar-refractivity contribution in [2.75, 3.05) is 6.61 Å². The number of nitrogens with zero attached hydrogens (tertiary/aromatic N) is 1. The summed E-state index contributed by atoms with van der Waals surface area (Å²) in [5.74, 6) is -0.236. The molecule has 0 aliphatic rings. The van der Waals surface area contributed by atoms with Crippen molar-refractivity contribution >= 4 is 11.3 Å². The molecule has 1 N–H and O–H groups in total. The summed E-state index contributed by atoms with van der Waals surface area (Å²) in [6.07, 6.45) is 2.55. The smallest absolute Gasteiger partial charge is 0.132 e. The lowest BCUT2D eigenvalue weighted by molar-refractivity contribution is 0.284. The van der Waals surface area contributed by atoms with Gasteiger partial charge in [-0.3, -0.25) is 0 Å². The maximum atomic E-state index is 13.5. The number of thiazole rings is 1. The summed E-state index contributed by atoms with van der Waals surface area (Å²) < 4.78 is 13.5. The highest BCUT2D eigenvalue weighted by Crippen LogP contribution is 2.24. The number of hydrogen-bond acceptors (Lipinski definition) is 3. The molecule has 1 aromatic heterocycles. The highest BCUT2D eigenvalue weighted by Gasteiger charge is 2.08. The molecular formula is C13H14FNOS. The lowest BCUT2D eigenvalue weighted by Gasteiger charge is -1.98. The maximum Gasteiger partial charge on any atom is 0.132 e. The molecule has 0 saturated carbocycles. The zero-order valence-corrected chi connectivity index (χ0v) is 10.2. The molecule has 1 aromatic carbocycles.